The molecule has 0 aliphatic carbocycles. The molecule has 0 bridgehead atoms. The molecule has 4 nitrogen and oxygen atoms in total. The molecule has 4 heteroatoms. The van der Waals surface area contributed by atoms with Gasteiger partial charge in [-0.15, -0.1) is 0 Å². The number of rotatable bonds is 6. The topological polar surface area (TPSA) is 49.8 Å². The standard InChI is InChI=1S/C14H21NO3/c1-4-9-15(10-5-2)14(17)13-11(16)7-6-8-12(13)18-3/h6-8,16H,4-5,9-10H2,1-3H3. The number of amides is 1. The van der Waals surface area contributed by atoms with Crippen LogP contribution < -0.4 is 4.74 Å². The van der Waals surface area contributed by atoms with Crippen LogP contribution in [0.4, 0.5) is 0 Å². The highest BCUT2D eigenvalue weighted by atomic mass is 16.5. The predicted molar refractivity (Wildman–Crippen MR) is 71.1 cm³/mol. The Balaban J connectivity index is 3.07. The molecule has 0 saturated heterocycles. The van der Waals surface area contributed by atoms with Gasteiger partial charge in [0, 0.05) is 13.1 Å². The first-order valence-electron chi connectivity index (χ1n) is 6.30. The summed E-state index contributed by atoms with van der Waals surface area (Å²) in [4.78, 5) is 14.2. The normalized spacial score (nSPS) is 10.2. The molecule has 0 atom stereocenters. The molecular formula is C14H21NO3. The van der Waals surface area contributed by atoms with Crippen molar-refractivity contribution >= 4 is 5.91 Å². The van der Waals surface area contributed by atoms with E-state index >= 15 is 0 Å². The minimum Gasteiger partial charge on any atom is -0.507 e. The van der Waals surface area contributed by atoms with E-state index in [-0.39, 0.29) is 17.2 Å². The summed E-state index contributed by atoms with van der Waals surface area (Å²) in [5.41, 5.74) is 0.252. The maximum Gasteiger partial charge on any atom is 0.261 e. The number of methoxy groups -OCH3 is 1. The lowest BCUT2D eigenvalue weighted by Crippen LogP contribution is -2.32. The average Bonchev–Trinajstić information content (AvgIpc) is 2.37. The highest BCUT2D eigenvalue weighted by Gasteiger charge is 2.21. The molecule has 1 amide bonds. The van der Waals surface area contributed by atoms with Crippen LogP contribution in [0, 0.1) is 0 Å². The smallest absolute Gasteiger partial charge is 0.261 e. The van der Waals surface area contributed by atoms with E-state index in [2.05, 4.69) is 0 Å². The molecule has 0 unspecified atom stereocenters. The number of ether oxygens (including phenoxy) is 1. The Kier molecular flexibility index (Phi) is 5.49. The third kappa shape index (κ3) is 3.15. The van der Waals surface area contributed by atoms with Gasteiger partial charge in [-0.1, -0.05) is 19.9 Å². The summed E-state index contributed by atoms with van der Waals surface area (Å²) in [5, 5.41) is 9.85. The maximum absolute atomic E-state index is 12.4. The summed E-state index contributed by atoms with van der Waals surface area (Å²) in [5.74, 6) is 0.211. The van der Waals surface area contributed by atoms with Crippen LogP contribution in [0.2, 0.25) is 0 Å². The average molecular weight is 251 g/mol. The molecule has 0 heterocycles. The zero-order valence-electron chi connectivity index (χ0n) is 11.3. The van der Waals surface area contributed by atoms with E-state index in [9.17, 15) is 9.90 Å². The summed E-state index contributed by atoms with van der Waals surface area (Å²) in [6.45, 7) is 5.42. The Bertz CT molecular complexity index is 398. The molecule has 0 spiro atoms. The van der Waals surface area contributed by atoms with Crippen molar-refractivity contribution in [1.29, 1.82) is 0 Å². The van der Waals surface area contributed by atoms with Crippen LogP contribution in [0.1, 0.15) is 37.0 Å². The van der Waals surface area contributed by atoms with E-state index in [0.29, 0.717) is 18.8 Å². The Morgan fingerprint density at radius 1 is 1.28 bits per heavy atom. The minimum atomic E-state index is -0.173. The van der Waals surface area contributed by atoms with Crippen molar-refractivity contribution in [2.75, 3.05) is 20.2 Å². The summed E-state index contributed by atoms with van der Waals surface area (Å²) in [7, 11) is 1.50. The second-order valence-corrected chi connectivity index (χ2v) is 4.15. The number of hydrogen-bond donors (Lipinski definition) is 1. The third-order valence-corrected chi connectivity index (χ3v) is 2.71. The van der Waals surface area contributed by atoms with Crippen LogP contribution in [-0.2, 0) is 0 Å². The quantitative estimate of drug-likeness (QED) is 0.845. The molecule has 0 aromatic heterocycles. The van der Waals surface area contributed by atoms with Crippen LogP contribution >= 0.6 is 0 Å². The van der Waals surface area contributed by atoms with Gasteiger partial charge in [0.1, 0.15) is 17.1 Å². The first-order chi connectivity index (χ1) is 8.65. The number of phenolic OH excluding ortho intramolecular Hbond substituents is 1. The van der Waals surface area contributed by atoms with Crippen molar-refractivity contribution in [3.63, 3.8) is 0 Å². The fourth-order valence-corrected chi connectivity index (χ4v) is 1.92. The van der Waals surface area contributed by atoms with Gasteiger partial charge in [-0.05, 0) is 25.0 Å². The van der Waals surface area contributed by atoms with Crippen molar-refractivity contribution in [1.82, 2.24) is 4.90 Å². The fourth-order valence-electron chi connectivity index (χ4n) is 1.92. The van der Waals surface area contributed by atoms with Gasteiger partial charge in [0.2, 0.25) is 0 Å². The number of aromatic hydroxyl groups is 1. The maximum atomic E-state index is 12.4. The monoisotopic (exact) mass is 251 g/mol. The van der Waals surface area contributed by atoms with E-state index in [1.807, 2.05) is 13.8 Å². The zero-order valence-corrected chi connectivity index (χ0v) is 11.3. The second kappa shape index (κ2) is 6.89. The molecule has 0 aliphatic heterocycles. The molecular weight excluding hydrogens is 230 g/mol. The lowest BCUT2D eigenvalue weighted by atomic mass is 10.1. The predicted octanol–water partition coefficient (Wildman–Crippen LogP) is 2.66. The molecule has 0 radical (unpaired) electrons. The van der Waals surface area contributed by atoms with Gasteiger partial charge in [-0.25, -0.2) is 0 Å². The number of phenols is 1. The van der Waals surface area contributed by atoms with Crippen LogP contribution in [0.15, 0.2) is 18.2 Å². The summed E-state index contributed by atoms with van der Waals surface area (Å²) >= 11 is 0. The van der Waals surface area contributed by atoms with Crippen LogP contribution in [-0.4, -0.2) is 36.1 Å². The first kappa shape index (κ1) is 14.4. The van der Waals surface area contributed by atoms with E-state index in [1.54, 1.807) is 17.0 Å². The van der Waals surface area contributed by atoms with Crippen LogP contribution in [0.25, 0.3) is 0 Å². The van der Waals surface area contributed by atoms with E-state index in [0.717, 1.165) is 12.8 Å². The lowest BCUT2D eigenvalue weighted by molar-refractivity contribution is 0.0749. The zero-order chi connectivity index (χ0) is 13.5. The van der Waals surface area contributed by atoms with Gasteiger partial charge in [-0.3, -0.25) is 4.79 Å². The molecule has 1 N–H and O–H groups in total. The van der Waals surface area contributed by atoms with Crippen molar-refractivity contribution in [2.45, 2.75) is 26.7 Å². The molecule has 0 aliphatic rings. The fraction of sp³-hybridized carbons (Fsp3) is 0.500. The van der Waals surface area contributed by atoms with Crippen LogP contribution in [0.3, 0.4) is 0 Å². The SMILES string of the molecule is CCCN(CCC)C(=O)c1c(O)cccc1OC. The molecule has 1 aromatic carbocycles. The van der Waals surface area contributed by atoms with E-state index in [1.165, 1.54) is 13.2 Å². The van der Waals surface area contributed by atoms with Gasteiger partial charge in [-0.2, -0.15) is 0 Å². The molecule has 18 heavy (non-hydrogen) atoms. The lowest BCUT2D eigenvalue weighted by Gasteiger charge is -2.22. The number of nitrogens with zero attached hydrogens (tertiary/aromatic N) is 1. The Morgan fingerprint density at radius 2 is 1.89 bits per heavy atom. The number of benzene rings is 1. The van der Waals surface area contributed by atoms with Gasteiger partial charge in [0.15, 0.2) is 0 Å². The highest BCUT2D eigenvalue weighted by molar-refractivity contribution is 5.99. The van der Waals surface area contributed by atoms with Crippen molar-refractivity contribution in [3.8, 4) is 11.5 Å². The first-order valence-corrected chi connectivity index (χ1v) is 6.30. The van der Waals surface area contributed by atoms with E-state index < -0.39 is 0 Å². The largest absolute Gasteiger partial charge is 0.507 e. The molecule has 0 saturated carbocycles. The van der Waals surface area contributed by atoms with Gasteiger partial charge >= 0.3 is 0 Å². The van der Waals surface area contributed by atoms with Crippen molar-refractivity contribution in [2.24, 2.45) is 0 Å². The molecule has 1 rings (SSSR count). The van der Waals surface area contributed by atoms with Crippen molar-refractivity contribution in [3.05, 3.63) is 23.8 Å². The van der Waals surface area contributed by atoms with Gasteiger partial charge in [0.05, 0.1) is 7.11 Å². The van der Waals surface area contributed by atoms with Crippen LogP contribution in [0.5, 0.6) is 11.5 Å². The summed E-state index contributed by atoms with van der Waals surface area (Å²) in [6.07, 6.45) is 1.78. The molecule has 100 valence electrons. The van der Waals surface area contributed by atoms with E-state index in [4.69, 9.17) is 4.74 Å². The minimum absolute atomic E-state index is 0.0310. The Morgan fingerprint density at radius 3 is 2.39 bits per heavy atom. The highest BCUT2D eigenvalue weighted by Crippen LogP contribution is 2.28. The Labute approximate surface area is 108 Å². The summed E-state index contributed by atoms with van der Waals surface area (Å²) in [6, 6.07) is 4.85. The molecule has 1 aromatic rings. The molecule has 0 fully saturated rings. The number of carbonyl (C=O) groups excluding carboxylic acids is 1. The Hall–Kier alpha value is -1.71. The van der Waals surface area contributed by atoms with Crippen molar-refractivity contribution < 1.29 is 14.6 Å². The van der Waals surface area contributed by atoms with Gasteiger partial charge in [0.25, 0.3) is 5.91 Å². The number of carbonyl (C=O) groups is 1. The number of hydrogen-bond acceptors (Lipinski definition) is 3. The van der Waals surface area contributed by atoms with Gasteiger partial charge < -0.3 is 14.7 Å². The summed E-state index contributed by atoms with van der Waals surface area (Å²) < 4.78 is 5.15. The second-order valence-electron chi connectivity index (χ2n) is 4.15. The third-order valence-electron chi connectivity index (χ3n) is 2.71.